The zero-order valence-electron chi connectivity index (χ0n) is 20.3. The number of benzene rings is 3. The van der Waals surface area contributed by atoms with Gasteiger partial charge >= 0.3 is 0 Å². The van der Waals surface area contributed by atoms with Gasteiger partial charge in [-0.15, -0.1) is 0 Å². The van der Waals surface area contributed by atoms with E-state index in [1.807, 2.05) is 48.2 Å². The van der Waals surface area contributed by atoms with Crippen molar-refractivity contribution in [2.45, 2.75) is 24.6 Å². The molecule has 10 heteroatoms. The second-order valence-corrected chi connectivity index (χ2v) is 12.8. The topological polar surface area (TPSA) is 85.3 Å². The molecule has 0 spiro atoms. The zero-order valence-corrected chi connectivity index (χ0v) is 22.6. The summed E-state index contributed by atoms with van der Waals surface area (Å²) >= 11 is 7.70. The van der Waals surface area contributed by atoms with Gasteiger partial charge in [-0.3, -0.25) is 4.79 Å². The monoisotopic (exact) mass is 556 g/mol. The number of nitrogens with zero attached hydrogens (tertiary/aromatic N) is 2. The van der Waals surface area contributed by atoms with E-state index in [-0.39, 0.29) is 35.1 Å². The number of hydrogen-bond donors (Lipinski definition) is 0. The lowest BCUT2D eigenvalue weighted by Gasteiger charge is -2.27. The number of hydrogen-bond acceptors (Lipinski definition) is 6. The highest BCUT2D eigenvalue weighted by Gasteiger charge is 2.50. The Labute approximate surface area is 225 Å². The van der Waals surface area contributed by atoms with Crippen molar-refractivity contribution in [3.8, 4) is 17.2 Å². The minimum absolute atomic E-state index is 0.0269. The minimum Gasteiger partial charge on any atom is -0.497 e. The number of amides is 1. The maximum absolute atomic E-state index is 13.0. The van der Waals surface area contributed by atoms with Crippen molar-refractivity contribution in [2.75, 3.05) is 23.5 Å². The average Bonchev–Trinajstić information content (AvgIpc) is 3.31. The van der Waals surface area contributed by atoms with Gasteiger partial charge in [-0.1, -0.05) is 47.6 Å². The molecule has 3 aromatic carbocycles. The van der Waals surface area contributed by atoms with Crippen LogP contribution in [0.25, 0.3) is 0 Å². The molecule has 2 fully saturated rings. The summed E-state index contributed by atoms with van der Waals surface area (Å²) in [5.74, 6) is 1.50. The van der Waals surface area contributed by atoms with Crippen molar-refractivity contribution in [3.05, 3.63) is 82.9 Å². The quantitative estimate of drug-likeness (QED) is 0.407. The Bertz CT molecular complexity index is 1470. The van der Waals surface area contributed by atoms with Crippen LogP contribution in [0.4, 0.5) is 5.69 Å². The number of halogens is 1. The summed E-state index contributed by atoms with van der Waals surface area (Å²) in [6.45, 7) is 1.97. The van der Waals surface area contributed by atoms with Gasteiger partial charge in [0.2, 0.25) is 0 Å². The fraction of sp³-hybridized carbons (Fsp3) is 0.259. The van der Waals surface area contributed by atoms with Crippen molar-refractivity contribution in [1.82, 2.24) is 0 Å². The number of ether oxygens (including phenoxy) is 2. The summed E-state index contributed by atoms with van der Waals surface area (Å²) in [7, 11) is -1.64. The Morgan fingerprint density at radius 1 is 1.08 bits per heavy atom. The van der Waals surface area contributed by atoms with E-state index in [4.69, 9.17) is 21.1 Å². The lowest BCUT2D eigenvalue weighted by molar-refractivity contribution is -0.117. The predicted molar refractivity (Wildman–Crippen MR) is 148 cm³/mol. The van der Waals surface area contributed by atoms with Crippen molar-refractivity contribution < 1.29 is 22.7 Å². The maximum atomic E-state index is 13.0. The molecule has 0 aromatic heterocycles. The number of sulfone groups is 1. The third-order valence-electron chi connectivity index (χ3n) is 6.20. The van der Waals surface area contributed by atoms with E-state index in [0.29, 0.717) is 33.1 Å². The molecule has 0 bridgehead atoms. The van der Waals surface area contributed by atoms with Gasteiger partial charge in [-0.05, 0) is 60.5 Å². The SMILES string of the molecule is COc1ccc(CC(=O)N=C2S[C@@H]3CS(=O)(=O)C[C@@H]3N2c2cc(Cl)ccc2Oc2cccc(C)c2)cc1. The van der Waals surface area contributed by atoms with Gasteiger partial charge < -0.3 is 14.4 Å². The number of amidine groups is 1. The first-order valence-electron chi connectivity index (χ1n) is 11.7. The van der Waals surface area contributed by atoms with Crippen LogP contribution in [0, 0.1) is 6.92 Å². The van der Waals surface area contributed by atoms with E-state index in [9.17, 15) is 13.2 Å². The predicted octanol–water partition coefficient (Wildman–Crippen LogP) is 5.29. The molecule has 37 heavy (non-hydrogen) atoms. The number of rotatable bonds is 6. The summed E-state index contributed by atoms with van der Waals surface area (Å²) in [5, 5.41) is 0.660. The molecule has 1 amide bonds. The van der Waals surface area contributed by atoms with Crippen LogP contribution in [0.2, 0.25) is 5.02 Å². The maximum Gasteiger partial charge on any atom is 0.252 e. The number of carbonyl (C=O) groups excluding carboxylic acids is 1. The summed E-state index contributed by atoms with van der Waals surface area (Å²) < 4.78 is 36.4. The van der Waals surface area contributed by atoms with Crippen LogP contribution in [0.1, 0.15) is 11.1 Å². The number of thioether (sulfide) groups is 1. The number of aryl methyl sites for hydroxylation is 1. The second kappa shape index (κ2) is 10.4. The van der Waals surface area contributed by atoms with E-state index in [1.165, 1.54) is 11.8 Å². The van der Waals surface area contributed by atoms with Gasteiger partial charge in [-0.2, -0.15) is 4.99 Å². The Kier molecular flexibility index (Phi) is 7.20. The van der Waals surface area contributed by atoms with E-state index in [0.717, 1.165) is 11.1 Å². The van der Waals surface area contributed by atoms with Gasteiger partial charge in [0.05, 0.1) is 36.8 Å². The van der Waals surface area contributed by atoms with Crippen LogP contribution in [0.5, 0.6) is 17.2 Å². The number of methoxy groups -OCH3 is 1. The average molecular weight is 557 g/mol. The van der Waals surface area contributed by atoms with E-state index in [2.05, 4.69) is 4.99 Å². The van der Waals surface area contributed by atoms with Crippen LogP contribution in [0.3, 0.4) is 0 Å². The second-order valence-electron chi connectivity index (χ2n) is 9.01. The van der Waals surface area contributed by atoms with Gasteiger partial charge in [0, 0.05) is 10.3 Å². The standard InChI is InChI=1S/C27H25ClN2O5S2/c1-17-4-3-5-21(12-17)35-24-11-8-19(28)14-22(24)30-23-15-37(32,33)16-25(23)36-27(30)29-26(31)13-18-6-9-20(34-2)10-7-18/h3-12,14,23,25H,13,15-16H2,1-2H3/t23-,25+/m0/s1. The van der Waals surface area contributed by atoms with E-state index < -0.39 is 9.84 Å². The van der Waals surface area contributed by atoms with E-state index in [1.54, 1.807) is 37.4 Å². The molecular weight excluding hydrogens is 532 g/mol. The molecule has 2 heterocycles. The third-order valence-corrected chi connectivity index (χ3v) is 9.64. The molecule has 2 aliphatic heterocycles. The molecule has 0 N–H and O–H groups in total. The molecule has 0 unspecified atom stereocenters. The smallest absolute Gasteiger partial charge is 0.252 e. The lowest BCUT2D eigenvalue weighted by Crippen LogP contribution is -2.38. The molecule has 7 nitrogen and oxygen atoms in total. The van der Waals surface area contributed by atoms with Crippen LogP contribution in [0.15, 0.2) is 71.7 Å². The summed E-state index contributed by atoms with van der Waals surface area (Å²) in [5.41, 5.74) is 2.42. The van der Waals surface area contributed by atoms with Gasteiger partial charge in [0.25, 0.3) is 5.91 Å². The normalized spacial score (nSPS) is 21.2. The molecule has 2 aliphatic rings. The first-order valence-corrected chi connectivity index (χ1v) is 14.7. The minimum atomic E-state index is -3.23. The van der Waals surface area contributed by atoms with Crippen molar-refractivity contribution >= 4 is 50.0 Å². The van der Waals surface area contributed by atoms with Gasteiger partial charge in [0.15, 0.2) is 20.8 Å². The Morgan fingerprint density at radius 3 is 2.59 bits per heavy atom. The molecule has 0 saturated carbocycles. The number of carbonyl (C=O) groups is 1. The summed E-state index contributed by atoms with van der Waals surface area (Å²) in [6, 6.07) is 19.7. The summed E-state index contributed by atoms with van der Waals surface area (Å²) in [4.78, 5) is 19.2. The Hall–Kier alpha value is -3.01. The van der Waals surface area contributed by atoms with Crippen LogP contribution < -0.4 is 14.4 Å². The zero-order chi connectivity index (χ0) is 26.2. The molecule has 192 valence electrons. The van der Waals surface area contributed by atoms with Crippen molar-refractivity contribution in [2.24, 2.45) is 4.99 Å². The fourth-order valence-electron chi connectivity index (χ4n) is 4.48. The highest BCUT2D eigenvalue weighted by atomic mass is 35.5. The Balaban J connectivity index is 1.50. The molecule has 2 atom stereocenters. The van der Waals surface area contributed by atoms with Crippen LogP contribution >= 0.6 is 23.4 Å². The summed E-state index contributed by atoms with van der Waals surface area (Å²) in [6.07, 6.45) is 0.109. The molecule has 3 aromatic rings. The molecule has 2 saturated heterocycles. The largest absolute Gasteiger partial charge is 0.497 e. The molecule has 0 radical (unpaired) electrons. The van der Waals surface area contributed by atoms with Crippen LogP contribution in [-0.2, 0) is 21.1 Å². The van der Waals surface area contributed by atoms with Crippen molar-refractivity contribution in [3.63, 3.8) is 0 Å². The molecule has 5 rings (SSSR count). The highest BCUT2D eigenvalue weighted by molar-refractivity contribution is 8.16. The molecule has 0 aliphatic carbocycles. The van der Waals surface area contributed by atoms with E-state index >= 15 is 0 Å². The first-order chi connectivity index (χ1) is 17.7. The number of anilines is 1. The third kappa shape index (κ3) is 5.79. The molecular formula is C27H25ClN2O5S2. The van der Waals surface area contributed by atoms with Crippen molar-refractivity contribution in [1.29, 1.82) is 0 Å². The Morgan fingerprint density at radius 2 is 1.86 bits per heavy atom. The number of fused-ring (bicyclic) bond motifs is 1. The number of aliphatic imine (C=N–C) groups is 1. The highest BCUT2D eigenvalue weighted by Crippen LogP contribution is 2.45. The first kappa shape index (κ1) is 25.6. The fourth-order valence-corrected chi connectivity index (χ4v) is 8.57. The van der Waals surface area contributed by atoms with Gasteiger partial charge in [-0.25, -0.2) is 8.42 Å². The lowest BCUT2D eigenvalue weighted by atomic mass is 10.1. The van der Waals surface area contributed by atoms with Crippen LogP contribution in [-0.4, -0.2) is 49.4 Å². The van der Waals surface area contributed by atoms with Gasteiger partial charge in [0.1, 0.15) is 11.5 Å².